The number of aromatic nitrogens is 3. The van der Waals surface area contributed by atoms with Crippen molar-refractivity contribution in [1.29, 1.82) is 0 Å². The SMILES string of the molecule is O=c1cc(C=Nn2c(-c3cccc(Cl)c3)n[nH]c2=S)occ1O. The molecule has 0 bridgehead atoms. The maximum Gasteiger partial charge on any atom is 0.227 e. The molecule has 1 aromatic carbocycles. The largest absolute Gasteiger partial charge is 0.502 e. The van der Waals surface area contributed by atoms with Crippen molar-refractivity contribution in [2.75, 3.05) is 0 Å². The zero-order valence-electron chi connectivity index (χ0n) is 11.4. The van der Waals surface area contributed by atoms with Crippen LogP contribution in [0, 0.1) is 4.77 Å². The van der Waals surface area contributed by atoms with Gasteiger partial charge in [-0.25, -0.2) is 5.10 Å². The molecule has 116 valence electrons. The third-order valence-corrected chi connectivity index (χ3v) is 3.37. The van der Waals surface area contributed by atoms with Gasteiger partial charge in [0.25, 0.3) is 0 Å². The van der Waals surface area contributed by atoms with Crippen LogP contribution in [0.5, 0.6) is 5.75 Å². The molecule has 0 unspecified atom stereocenters. The zero-order chi connectivity index (χ0) is 16.4. The number of aromatic hydroxyl groups is 1. The van der Waals surface area contributed by atoms with Crippen molar-refractivity contribution < 1.29 is 9.52 Å². The molecule has 23 heavy (non-hydrogen) atoms. The van der Waals surface area contributed by atoms with E-state index in [0.717, 1.165) is 12.3 Å². The summed E-state index contributed by atoms with van der Waals surface area (Å²) in [6.45, 7) is 0. The number of nitrogens with one attached hydrogen (secondary N) is 1. The molecule has 0 aliphatic carbocycles. The Kier molecular flexibility index (Phi) is 4.09. The smallest absolute Gasteiger partial charge is 0.227 e. The molecule has 0 saturated carbocycles. The van der Waals surface area contributed by atoms with Crippen LogP contribution in [0.25, 0.3) is 11.4 Å². The summed E-state index contributed by atoms with van der Waals surface area (Å²) in [5.74, 6) is 0.143. The molecule has 0 atom stereocenters. The lowest BCUT2D eigenvalue weighted by molar-refractivity contribution is 0.427. The molecule has 9 heteroatoms. The maximum atomic E-state index is 11.4. The Bertz CT molecular complexity index is 1010. The Morgan fingerprint density at radius 1 is 1.43 bits per heavy atom. The number of rotatable bonds is 3. The minimum absolute atomic E-state index is 0.160. The quantitative estimate of drug-likeness (QED) is 0.560. The number of aromatic amines is 1. The lowest BCUT2D eigenvalue weighted by Crippen LogP contribution is -2.00. The standard InChI is InChI=1S/C14H9ClN4O3S/c15-9-3-1-2-8(4-9)13-17-18-14(23)19(13)16-6-10-5-11(20)12(21)7-22-10/h1-7,21H,(H,18,23). The molecule has 0 aliphatic rings. The summed E-state index contributed by atoms with van der Waals surface area (Å²) in [6, 6.07) is 8.16. The number of hydrogen-bond acceptors (Lipinski definition) is 6. The van der Waals surface area contributed by atoms with Crippen molar-refractivity contribution in [3.05, 3.63) is 62.4 Å². The number of nitrogens with zero attached hydrogens (tertiary/aromatic N) is 3. The average molecular weight is 349 g/mol. The molecule has 2 N–H and O–H groups in total. The van der Waals surface area contributed by atoms with Crippen LogP contribution in [0.2, 0.25) is 5.02 Å². The van der Waals surface area contributed by atoms with E-state index in [1.165, 1.54) is 10.9 Å². The highest BCUT2D eigenvalue weighted by atomic mass is 35.5. The summed E-state index contributed by atoms with van der Waals surface area (Å²) in [5, 5.41) is 20.6. The van der Waals surface area contributed by atoms with Crippen LogP contribution < -0.4 is 5.43 Å². The Balaban J connectivity index is 2.02. The molecular formula is C14H9ClN4O3S. The second-order valence-electron chi connectivity index (χ2n) is 4.45. The lowest BCUT2D eigenvalue weighted by atomic mass is 10.2. The average Bonchev–Trinajstić information content (AvgIpc) is 2.89. The van der Waals surface area contributed by atoms with E-state index in [0.29, 0.717) is 16.4 Å². The van der Waals surface area contributed by atoms with E-state index < -0.39 is 11.2 Å². The summed E-state index contributed by atoms with van der Waals surface area (Å²) >= 11 is 11.1. The molecule has 0 amide bonds. The van der Waals surface area contributed by atoms with Gasteiger partial charge in [-0.1, -0.05) is 23.7 Å². The molecule has 7 nitrogen and oxygen atoms in total. The van der Waals surface area contributed by atoms with Gasteiger partial charge in [0.15, 0.2) is 17.3 Å². The van der Waals surface area contributed by atoms with Gasteiger partial charge in [-0.2, -0.15) is 14.9 Å². The first-order valence-electron chi connectivity index (χ1n) is 6.34. The first-order valence-corrected chi connectivity index (χ1v) is 7.13. The van der Waals surface area contributed by atoms with E-state index in [9.17, 15) is 4.79 Å². The second kappa shape index (κ2) is 6.19. The molecule has 3 aromatic rings. The normalized spacial score (nSPS) is 11.2. The molecule has 0 fully saturated rings. The molecule has 0 radical (unpaired) electrons. The summed E-state index contributed by atoms with van der Waals surface area (Å²) in [7, 11) is 0. The van der Waals surface area contributed by atoms with Crippen LogP contribution in [0.3, 0.4) is 0 Å². The van der Waals surface area contributed by atoms with E-state index in [1.807, 2.05) is 6.07 Å². The van der Waals surface area contributed by atoms with Gasteiger partial charge in [-0.15, -0.1) is 0 Å². The Hall–Kier alpha value is -2.71. The minimum atomic E-state index is -0.566. The fourth-order valence-electron chi connectivity index (χ4n) is 1.81. The number of benzene rings is 1. The van der Waals surface area contributed by atoms with E-state index in [1.54, 1.807) is 18.2 Å². The van der Waals surface area contributed by atoms with Crippen molar-refractivity contribution in [3.8, 4) is 17.1 Å². The van der Waals surface area contributed by atoms with Crippen LogP contribution in [-0.4, -0.2) is 26.2 Å². The van der Waals surface area contributed by atoms with Crippen LogP contribution in [0.4, 0.5) is 0 Å². The van der Waals surface area contributed by atoms with Gasteiger partial charge in [0, 0.05) is 16.7 Å². The number of halogens is 1. The summed E-state index contributed by atoms with van der Waals surface area (Å²) in [5.41, 5.74) is 0.151. The molecule has 0 aliphatic heterocycles. The van der Waals surface area contributed by atoms with Crippen LogP contribution in [-0.2, 0) is 0 Å². The molecule has 2 aromatic heterocycles. The van der Waals surface area contributed by atoms with Gasteiger partial charge in [0.2, 0.25) is 10.2 Å². The second-order valence-corrected chi connectivity index (χ2v) is 5.27. The van der Waals surface area contributed by atoms with Gasteiger partial charge in [-0.05, 0) is 24.4 Å². The summed E-state index contributed by atoms with van der Waals surface area (Å²) in [6.07, 6.45) is 2.23. The van der Waals surface area contributed by atoms with Crippen molar-refractivity contribution in [1.82, 2.24) is 14.9 Å². The van der Waals surface area contributed by atoms with Crippen molar-refractivity contribution in [3.63, 3.8) is 0 Å². The third kappa shape index (κ3) is 3.22. The van der Waals surface area contributed by atoms with Crippen LogP contribution >= 0.6 is 23.8 Å². The Morgan fingerprint density at radius 2 is 2.26 bits per heavy atom. The predicted molar refractivity (Wildman–Crippen MR) is 87.5 cm³/mol. The lowest BCUT2D eigenvalue weighted by Gasteiger charge is -2.01. The molecule has 0 spiro atoms. The van der Waals surface area contributed by atoms with E-state index >= 15 is 0 Å². The maximum absolute atomic E-state index is 11.4. The van der Waals surface area contributed by atoms with Gasteiger partial charge >= 0.3 is 0 Å². The molecule has 2 heterocycles. The fraction of sp³-hybridized carbons (Fsp3) is 0. The highest BCUT2D eigenvalue weighted by molar-refractivity contribution is 7.71. The zero-order valence-corrected chi connectivity index (χ0v) is 13.0. The number of hydrogen-bond donors (Lipinski definition) is 2. The van der Waals surface area contributed by atoms with Gasteiger partial charge in [-0.3, -0.25) is 4.79 Å². The monoisotopic (exact) mass is 348 g/mol. The Morgan fingerprint density at radius 3 is 3.00 bits per heavy atom. The predicted octanol–water partition coefficient (Wildman–Crippen LogP) is 2.80. The summed E-state index contributed by atoms with van der Waals surface area (Å²) in [4.78, 5) is 11.4. The topological polar surface area (TPSA) is 96.4 Å². The molecular weight excluding hydrogens is 340 g/mol. The van der Waals surface area contributed by atoms with Crippen LogP contribution in [0.1, 0.15) is 5.76 Å². The highest BCUT2D eigenvalue weighted by Crippen LogP contribution is 2.21. The third-order valence-electron chi connectivity index (χ3n) is 2.87. The fourth-order valence-corrected chi connectivity index (χ4v) is 2.18. The van der Waals surface area contributed by atoms with Crippen molar-refractivity contribution in [2.24, 2.45) is 5.10 Å². The summed E-state index contributed by atoms with van der Waals surface area (Å²) < 4.78 is 6.67. The van der Waals surface area contributed by atoms with E-state index in [4.69, 9.17) is 33.3 Å². The first kappa shape index (κ1) is 15.2. The first-order chi connectivity index (χ1) is 11.0. The van der Waals surface area contributed by atoms with E-state index in [-0.39, 0.29) is 10.5 Å². The van der Waals surface area contributed by atoms with Gasteiger partial charge < -0.3 is 9.52 Å². The minimum Gasteiger partial charge on any atom is -0.502 e. The van der Waals surface area contributed by atoms with Crippen molar-refractivity contribution in [2.45, 2.75) is 0 Å². The number of H-pyrrole nitrogens is 1. The highest BCUT2D eigenvalue weighted by Gasteiger charge is 2.08. The molecule has 0 saturated heterocycles. The molecule has 3 rings (SSSR count). The van der Waals surface area contributed by atoms with Gasteiger partial charge in [0.05, 0.1) is 6.21 Å². The van der Waals surface area contributed by atoms with Crippen LogP contribution in [0.15, 0.2) is 50.9 Å². The van der Waals surface area contributed by atoms with Crippen molar-refractivity contribution >= 4 is 30.0 Å². The Labute approximate surface area is 139 Å². The van der Waals surface area contributed by atoms with E-state index in [2.05, 4.69) is 15.3 Å². The van der Waals surface area contributed by atoms with Gasteiger partial charge in [0.1, 0.15) is 6.26 Å².